The molecule has 1 unspecified atom stereocenters. The Morgan fingerprint density at radius 2 is 2.27 bits per heavy atom. The molecular weight excluding hydrogens is 298 g/mol. The summed E-state index contributed by atoms with van der Waals surface area (Å²) in [4.78, 5) is 12.2. The van der Waals surface area contributed by atoms with Crippen LogP contribution in [0.5, 0.6) is 0 Å². The smallest absolute Gasteiger partial charge is 0.220 e. The lowest BCUT2D eigenvalue weighted by Crippen LogP contribution is -2.28. The maximum absolute atomic E-state index is 12.2. The maximum Gasteiger partial charge on any atom is 0.220 e. The molecule has 1 amide bonds. The molecule has 1 heterocycles. The molecule has 5 heteroatoms. The maximum atomic E-state index is 12.2. The number of hydrogen-bond acceptors (Lipinski definition) is 3. The van der Waals surface area contributed by atoms with E-state index in [-0.39, 0.29) is 17.6 Å². The summed E-state index contributed by atoms with van der Waals surface area (Å²) in [7, 11) is 0. The summed E-state index contributed by atoms with van der Waals surface area (Å²) in [6, 6.07) is 5.94. The quantitative estimate of drug-likeness (QED) is 0.798. The van der Waals surface area contributed by atoms with Gasteiger partial charge in [-0.05, 0) is 30.0 Å². The molecule has 0 aromatic heterocycles. The van der Waals surface area contributed by atoms with Crippen molar-refractivity contribution in [3.8, 4) is 12.3 Å². The lowest BCUT2D eigenvalue weighted by atomic mass is 10.0. The van der Waals surface area contributed by atoms with E-state index in [0.717, 1.165) is 35.4 Å². The third-order valence-electron chi connectivity index (χ3n) is 4.35. The predicted octanol–water partition coefficient (Wildman–Crippen LogP) is 3.80. The van der Waals surface area contributed by atoms with Gasteiger partial charge in [-0.3, -0.25) is 4.79 Å². The van der Waals surface area contributed by atoms with E-state index < -0.39 is 0 Å². The Bertz CT molecular complexity index is 656. The predicted molar refractivity (Wildman–Crippen MR) is 85.5 cm³/mol. The van der Waals surface area contributed by atoms with E-state index in [0.29, 0.717) is 19.3 Å². The molecule has 1 N–H and O–H groups in total. The molecule has 4 nitrogen and oxygen atoms in total. The molecule has 1 aromatic carbocycles. The number of carbonyl (C=O) groups is 1. The van der Waals surface area contributed by atoms with Gasteiger partial charge in [-0.1, -0.05) is 23.7 Å². The molecule has 2 aliphatic rings. The normalized spacial score (nSPS) is 20.3. The van der Waals surface area contributed by atoms with Crippen LogP contribution in [0.15, 0.2) is 28.4 Å². The standard InChI is InChI=1S/C17H18ClN3O/c1-2-3-10-17(20-21-17)11-9-16(22)19-15-8-7-12-13(15)5-4-6-14(12)18/h1,4-6,15H,3,7-11H2,(H,19,22). The van der Waals surface area contributed by atoms with E-state index in [4.69, 9.17) is 18.0 Å². The van der Waals surface area contributed by atoms with Crippen LogP contribution in [0.3, 0.4) is 0 Å². The van der Waals surface area contributed by atoms with E-state index in [1.54, 1.807) is 0 Å². The minimum atomic E-state index is -0.388. The first-order valence-electron chi connectivity index (χ1n) is 7.58. The van der Waals surface area contributed by atoms with E-state index in [2.05, 4.69) is 21.5 Å². The zero-order valence-electron chi connectivity index (χ0n) is 12.3. The Hall–Kier alpha value is -1.86. The average Bonchev–Trinajstić information content (AvgIpc) is 3.18. The highest BCUT2D eigenvalue weighted by molar-refractivity contribution is 6.31. The van der Waals surface area contributed by atoms with Crippen molar-refractivity contribution in [1.29, 1.82) is 0 Å². The van der Waals surface area contributed by atoms with Crippen LogP contribution in [0.1, 0.15) is 49.3 Å². The molecule has 1 atom stereocenters. The van der Waals surface area contributed by atoms with Crippen molar-refractivity contribution in [3.05, 3.63) is 34.3 Å². The summed E-state index contributed by atoms with van der Waals surface area (Å²) in [5, 5.41) is 12.0. The second-order valence-electron chi connectivity index (χ2n) is 5.85. The van der Waals surface area contributed by atoms with Gasteiger partial charge in [0.25, 0.3) is 0 Å². The van der Waals surface area contributed by atoms with Gasteiger partial charge in [-0.2, -0.15) is 10.2 Å². The summed E-state index contributed by atoms with van der Waals surface area (Å²) in [6.07, 6.45) is 9.51. The van der Waals surface area contributed by atoms with Crippen LogP contribution in [0, 0.1) is 12.3 Å². The summed E-state index contributed by atoms with van der Waals surface area (Å²) in [6.45, 7) is 0. The van der Waals surface area contributed by atoms with Crippen LogP contribution >= 0.6 is 11.6 Å². The number of nitrogens with one attached hydrogen (secondary N) is 1. The lowest BCUT2D eigenvalue weighted by molar-refractivity contribution is -0.122. The molecule has 1 aliphatic heterocycles. The summed E-state index contributed by atoms with van der Waals surface area (Å²) in [5.74, 6) is 2.63. The molecule has 0 radical (unpaired) electrons. The highest BCUT2D eigenvalue weighted by atomic mass is 35.5. The van der Waals surface area contributed by atoms with Crippen molar-refractivity contribution in [2.45, 2.75) is 50.2 Å². The van der Waals surface area contributed by atoms with E-state index in [9.17, 15) is 4.79 Å². The van der Waals surface area contributed by atoms with Crippen LogP contribution in [0.4, 0.5) is 0 Å². The van der Waals surface area contributed by atoms with Gasteiger partial charge >= 0.3 is 0 Å². The molecule has 0 saturated carbocycles. The number of carbonyl (C=O) groups excluding carboxylic acids is 1. The number of halogens is 1. The molecular formula is C17H18ClN3O. The van der Waals surface area contributed by atoms with Crippen LogP contribution < -0.4 is 5.32 Å². The van der Waals surface area contributed by atoms with Crippen molar-refractivity contribution >= 4 is 17.5 Å². The molecule has 1 aliphatic carbocycles. The van der Waals surface area contributed by atoms with Crippen LogP contribution in [0.25, 0.3) is 0 Å². The van der Waals surface area contributed by atoms with E-state index in [1.807, 2.05) is 18.2 Å². The number of nitrogens with zero attached hydrogens (tertiary/aromatic N) is 2. The summed E-state index contributed by atoms with van der Waals surface area (Å²) in [5.41, 5.74) is 1.91. The third kappa shape index (κ3) is 3.15. The molecule has 0 bridgehead atoms. The first kappa shape index (κ1) is 15.1. The Kier molecular flexibility index (Phi) is 4.17. The Balaban J connectivity index is 1.52. The molecule has 3 rings (SSSR count). The largest absolute Gasteiger partial charge is 0.349 e. The number of fused-ring (bicyclic) bond motifs is 1. The van der Waals surface area contributed by atoms with Crippen molar-refractivity contribution < 1.29 is 4.79 Å². The van der Waals surface area contributed by atoms with E-state index in [1.165, 1.54) is 0 Å². The van der Waals surface area contributed by atoms with Gasteiger partial charge in [0.15, 0.2) is 5.66 Å². The number of amides is 1. The Morgan fingerprint density at radius 1 is 1.45 bits per heavy atom. The summed E-state index contributed by atoms with van der Waals surface area (Å²) < 4.78 is 0. The molecule has 0 spiro atoms. The average molecular weight is 316 g/mol. The van der Waals surface area contributed by atoms with Gasteiger partial charge in [-0.15, -0.1) is 12.3 Å². The second-order valence-corrected chi connectivity index (χ2v) is 6.26. The monoisotopic (exact) mass is 315 g/mol. The fourth-order valence-corrected chi connectivity index (χ4v) is 3.28. The highest BCUT2D eigenvalue weighted by Crippen LogP contribution is 2.38. The number of rotatable bonds is 6. The first-order valence-corrected chi connectivity index (χ1v) is 7.95. The molecule has 0 saturated heterocycles. The minimum Gasteiger partial charge on any atom is -0.349 e. The van der Waals surface area contributed by atoms with Crippen LogP contribution in [-0.4, -0.2) is 11.6 Å². The molecule has 22 heavy (non-hydrogen) atoms. The Labute approximate surface area is 135 Å². The number of hydrogen-bond donors (Lipinski definition) is 1. The van der Waals surface area contributed by atoms with Crippen molar-refractivity contribution in [2.75, 3.05) is 0 Å². The first-order chi connectivity index (χ1) is 10.6. The zero-order chi connectivity index (χ0) is 15.6. The van der Waals surface area contributed by atoms with E-state index >= 15 is 0 Å². The fraction of sp³-hybridized carbons (Fsp3) is 0.471. The molecule has 114 valence electrons. The van der Waals surface area contributed by atoms with Gasteiger partial charge < -0.3 is 5.32 Å². The fourth-order valence-electron chi connectivity index (χ4n) is 3.01. The number of benzene rings is 1. The lowest BCUT2D eigenvalue weighted by Gasteiger charge is -2.15. The van der Waals surface area contributed by atoms with Crippen LogP contribution in [-0.2, 0) is 11.2 Å². The minimum absolute atomic E-state index is 0.0372. The van der Waals surface area contributed by atoms with Gasteiger partial charge in [0.2, 0.25) is 5.91 Å². The van der Waals surface area contributed by atoms with Crippen molar-refractivity contribution in [2.24, 2.45) is 10.2 Å². The van der Waals surface area contributed by atoms with Gasteiger partial charge in [0, 0.05) is 30.7 Å². The topological polar surface area (TPSA) is 53.8 Å². The van der Waals surface area contributed by atoms with Gasteiger partial charge in [0.05, 0.1) is 6.04 Å². The zero-order valence-corrected chi connectivity index (χ0v) is 13.1. The van der Waals surface area contributed by atoms with Gasteiger partial charge in [0.1, 0.15) is 0 Å². The summed E-state index contributed by atoms with van der Waals surface area (Å²) >= 11 is 6.20. The van der Waals surface area contributed by atoms with Crippen LogP contribution in [0.2, 0.25) is 5.02 Å². The van der Waals surface area contributed by atoms with Crippen molar-refractivity contribution in [3.63, 3.8) is 0 Å². The Morgan fingerprint density at radius 3 is 3.00 bits per heavy atom. The van der Waals surface area contributed by atoms with Crippen molar-refractivity contribution in [1.82, 2.24) is 5.32 Å². The highest BCUT2D eigenvalue weighted by Gasteiger charge is 2.39. The third-order valence-corrected chi connectivity index (χ3v) is 4.71. The number of terminal acetylenes is 1. The second kappa shape index (κ2) is 6.10. The van der Waals surface area contributed by atoms with Gasteiger partial charge in [-0.25, -0.2) is 0 Å². The molecule has 0 fully saturated rings. The molecule has 1 aromatic rings. The SMILES string of the molecule is C#CCCC1(CCC(=O)NC2CCc3c(Cl)cccc32)N=N1.